The van der Waals surface area contributed by atoms with Gasteiger partial charge in [0.2, 0.25) is 0 Å². The normalized spacial score (nSPS) is 11.2. The van der Waals surface area contributed by atoms with Crippen LogP contribution in [0.25, 0.3) is 15.7 Å². The molecule has 4 aromatic rings. The van der Waals surface area contributed by atoms with E-state index in [0.717, 1.165) is 34.4 Å². The van der Waals surface area contributed by atoms with Crippen molar-refractivity contribution in [3.8, 4) is 0 Å². The lowest BCUT2D eigenvalue weighted by Gasteiger charge is -2.03. The molecule has 1 N–H and O–H groups in total. The molecular weight excluding hydrogens is 356 g/mol. The third-order valence-electron chi connectivity index (χ3n) is 3.95. The summed E-state index contributed by atoms with van der Waals surface area (Å²) in [6.45, 7) is 0.593. The van der Waals surface area contributed by atoms with E-state index in [1.807, 2.05) is 53.1 Å². The Bertz CT molecular complexity index is 1060. The molecule has 7 heteroatoms. The van der Waals surface area contributed by atoms with Gasteiger partial charge in [0.25, 0.3) is 5.91 Å². The fourth-order valence-electron chi connectivity index (χ4n) is 2.71. The number of aryl methyl sites for hydroxylation is 1. The summed E-state index contributed by atoms with van der Waals surface area (Å²) in [5.74, 6) is 0.852. The summed E-state index contributed by atoms with van der Waals surface area (Å²) in [4.78, 5) is 13.0. The lowest BCUT2D eigenvalue weighted by Crippen LogP contribution is -2.24. The lowest BCUT2D eigenvalue weighted by atomic mass is 10.2. The maximum atomic E-state index is 12.3. The predicted octanol–water partition coefficient (Wildman–Crippen LogP) is 3.96. The summed E-state index contributed by atoms with van der Waals surface area (Å²) in [5, 5.41) is 13.0. The molecule has 25 heavy (non-hydrogen) atoms. The average molecular weight is 371 g/mol. The number of rotatable bonds is 5. The minimum absolute atomic E-state index is 0.0524. The molecule has 0 saturated heterocycles. The molecule has 3 heterocycles. The van der Waals surface area contributed by atoms with Crippen LogP contribution in [0, 0.1) is 0 Å². The van der Waals surface area contributed by atoms with Crippen molar-refractivity contribution in [1.29, 1.82) is 0 Å². The Morgan fingerprint density at radius 2 is 2.12 bits per heavy atom. The van der Waals surface area contributed by atoms with E-state index in [1.54, 1.807) is 0 Å². The molecule has 0 bridgehead atoms. The first-order valence-electron chi connectivity index (χ1n) is 7.97. The second-order valence-electron chi connectivity index (χ2n) is 5.70. The zero-order chi connectivity index (χ0) is 17.2. The number of hydrogen-bond donors (Lipinski definition) is 1. The van der Waals surface area contributed by atoms with Crippen molar-refractivity contribution in [2.24, 2.45) is 0 Å². The molecule has 0 radical (unpaired) electrons. The maximum Gasteiger partial charge on any atom is 0.261 e. The highest BCUT2D eigenvalue weighted by molar-refractivity contribution is 7.20. The first-order valence-corrected chi connectivity index (χ1v) is 9.16. The van der Waals surface area contributed by atoms with E-state index in [4.69, 9.17) is 11.6 Å². The number of nitrogens with zero attached hydrogens (tertiary/aromatic N) is 3. The van der Waals surface area contributed by atoms with Gasteiger partial charge in [0.05, 0.1) is 4.88 Å². The van der Waals surface area contributed by atoms with Crippen molar-refractivity contribution in [1.82, 2.24) is 19.9 Å². The van der Waals surface area contributed by atoms with E-state index >= 15 is 0 Å². The summed E-state index contributed by atoms with van der Waals surface area (Å²) >= 11 is 7.45. The third-order valence-corrected chi connectivity index (χ3v) is 5.28. The summed E-state index contributed by atoms with van der Waals surface area (Å²) in [5.41, 5.74) is 0.838. The van der Waals surface area contributed by atoms with Crippen LogP contribution in [0.5, 0.6) is 0 Å². The van der Waals surface area contributed by atoms with Crippen molar-refractivity contribution in [3.63, 3.8) is 0 Å². The standard InChI is InChI=1S/C18H15ClN4OS/c19-13-7-6-12-10-15(25-14(12)11-13)18(24)20-8-3-5-17-22-21-16-4-1-2-9-23(16)17/h1-2,4,6-7,9-11H,3,5,8H2,(H,20,24). The second kappa shape index (κ2) is 6.82. The Labute approximate surface area is 153 Å². The van der Waals surface area contributed by atoms with Crippen molar-refractivity contribution < 1.29 is 4.79 Å². The van der Waals surface area contributed by atoms with E-state index in [-0.39, 0.29) is 5.91 Å². The van der Waals surface area contributed by atoms with Crippen molar-refractivity contribution in [2.45, 2.75) is 12.8 Å². The second-order valence-corrected chi connectivity index (χ2v) is 7.22. The van der Waals surface area contributed by atoms with Gasteiger partial charge in [-0.2, -0.15) is 0 Å². The molecule has 0 aliphatic rings. The van der Waals surface area contributed by atoms with E-state index in [1.165, 1.54) is 11.3 Å². The average Bonchev–Trinajstić information content (AvgIpc) is 3.22. The minimum atomic E-state index is -0.0524. The molecule has 5 nitrogen and oxygen atoms in total. The first kappa shape index (κ1) is 16.1. The fraction of sp³-hybridized carbons (Fsp3) is 0.167. The van der Waals surface area contributed by atoms with Crippen LogP contribution in [0.1, 0.15) is 21.9 Å². The highest BCUT2D eigenvalue weighted by Gasteiger charge is 2.10. The molecule has 126 valence electrons. The number of nitrogens with one attached hydrogen (secondary N) is 1. The van der Waals surface area contributed by atoms with Gasteiger partial charge in [-0.1, -0.05) is 23.7 Å². The SMILES string of the molecule is O=C(NCCCc1nnc2ccccn12)c1cc2ccc(Cl)cc2s1. The molecule has 1 aromatic carbocycles. The minimum Gasteiger partial charge on any atom is -0.351 e. The summed E-state index contributed by atoms with van der Waals surface area (Å²) in [6.07, 6.45) is 3.51. The molecule has 0 fully saturated rings. The Hall–Kier alpha value is -2.44. The Balaban J connectivity index is 1.35. The summed E-state index contributed by atoms with van der Waals surface area (Å²) < 4.78 is 2.99. The molecule has 3 aromatic heterocycles. The number of fused-ring (bicyclic) bond motifs is 2. The highest BCUT2D eigenvalue weighted by atomic mass is 35.5. The number of halogens is 1. The van der Waals surface area contributed by atoms with Crippen molar-refractivity contribution in [3.05, 3.63) is 64.4 Å². The Morgan fingerprint density at radius 1 is 1.20 bits per heavy atom. The van der Waals surface area contributed by atoms with Gasteiger partial charge in [0.1, 0.15) is 5.82 Å². The fourth-order valence-corrected chi connectivity index (χ4v) is 3.97. The van der Waals surface area contributed by atoms with Gasteiger partial charge in [-0.25, -0.2) is 0 Å². The van der Waals surface area contributed by atoms with E-state index in [0.29, 0.717) is 16.4 Å². The first-order chi connectivity index (χ1) is 12.2. The highest BCUT2D eigenvalue weighted by Crippen LogP contribution is 2.28. The van der Waals surface area contributed by atoms with Crippen LogP contribution in [0.3, 0.4) is 0 Å². The molecule has 0 atom stereocenters. The number of pyridine rings is 1. The van der Waals surface area contributed by atoms with Crippen molar-refractivity contribution in [2.75, 3.05) is 6.54 Å². The van der Waals surface area contributed by atoms with Gasteiger partial charge >= 0.3 is 0 Å². The lowest BCUT2D eigenvalue weighted by molar-refractivity contribution is 0.0957. The molecule has 0 saturated carbocycles. The zero-order valence-electron chi connectivity index (χ0n) is 13.3. The van der Waals surface area contributed by atoms with Crippen LogP contribution in [-0.4, -0.2) is 27.0 Å². The number of thiophene rings is 1. The number of carbonyl (C=O) groups is 1. The molecule has 0 aliphatic heterocycles. The zero-order valence-corrected chi connectivity index (χ0v) is 14.8. The van der Waals surface area contributed by atoms with Crippen LogP contribution < -0.4 is 5.32 Å². The quantitative estimate of drug-likeness (QED) is 0.541. The molecule has 0 aliphatic carbocycles. The molecular formula is C18H15ClN4OS. The van der Waals surface area contributed by atoms with Gasteiger partial charge in [-0.05, 0) is 42.1 Å². The van der Waals surface area contributed by atoms with Crippen LogP contribution >= 0.6 is 22.9 Å². The van der Waals surface area contributed by atoms with Crippen LogP contribution in [-0.2, 0) is 6.42 Å². The van der Waals surface area contributed by atoms with Gasteiger partial charge in [0.15, 0.2) is 5.65 Å². The summed E-state index contributed by atoms with van der Waals surface area (Å²) in [7, 11) is 0. The van der Waals surface area contributed by atoms with E-state index in [9.17, 15) is 4.79 Å². The van der Waals surface area contributed by atoms with Gasteiger partial charge in [-0.15, -0.1) is 21.5 Å². The maximum absolute atomic E-state index is 12.3. The third kappa shape index (κ3) is 3.36. The van der Waals surface area contributed by atoms with Crippen LogP contribution in [0.2, 0.25) is 5.02 Å². The number of amides is 1. The monoisotopic (exact) mass is 370 g/mol. The van der Waals surface area contributed by atoms with Gasteiger partial charge < -0.3 is 5.32 Å². The molecule has 0 spiro atoms. The van der Waals surface area contributed by atoms with Gasteiger partial charge in [-0.3, -0.25) is 9.20 Å². The molecule has 4 rings (SSSR count). The Kier molecular flexibility index (Phi) is 4.38. The van der Waals surface area contributed by atoms with Crippen LogP contribution in [0.15, 0.2) is 48.7 Å². The smallest absolute Gasteiger partial charge is 0.261 e. The largest absolute Gasteiger partial charge is 0.351 e. The predicted molar refractivity (Wildman–Crippen MR) is 100 cm³/mol. The topological polar surface area (TPSA) is 59.3 Å². The molecule has 0 unspecified atom stereocenters. The number of aromatic nitrogens is 3. The van der Waals surface area contributed by atoms with Crippen molar-refractivity contribution >= 4 is 44.6 Å². The van der Waals surface area contributed by atoms with E-state index in [2.05, 4.69) is 15.5 Å². The van der Waals surface area contributed by atoms with E-state index < -0.39 is 0 Å². The van der Waals surface area contributed by atoms with Gasteiger partial charge in [0, 0.05) is 28.9 Å². The number of hydrogen-bond acceptors (Lipinski definition) is 4. The number of benzene rings is 1. The Morgan fingerprint density at radius 3 is 3.04 bits per heavy atom. The van der Waals surface area contributed by atoms with Crippen LogP contribution in [0.4, 0.5) is 0 Å². The number of carbonyl (C=O) groups excluding carboxylic acids is 1. The summed E-state index contributed by atoms with van der Waals surface area (Å²) in [6, 6.07) is 13.4. The molecule has 1 amide bonds.